The Morgan fingerprint density at radius 1 is 1.17 bits per heavy atom. The van der Waals surface area contributed by atoms with Gasteiger partial charge < -0.3 is 4.84 Å². The Morgan fingerprint density at radius 2 is 1.83 bits per heavy atom. The summed E-state index contributed by atoms with van der Waals surface area (Å²) in [5.74, 6) is 0. The Hall–Kier alpha value is -0.960. The number of hydrogen-bond donors (Lipinski definition) is 0. The summed E-state index contributed by atoms with van der Waals surface area (Å²) in [4.78, 5) is 6.40. The van der Waals surface area contributed by atoms with E-state index in [4.69, 9.17) is 4.84 Å². The van der Waals surface area contributed by atoms with E-state index in [-0.39, 0.29) is 10.2 Å². The van der Waals surface area contributed by atoms with Gasteiger partial charge in [0.2, 0.25) is 0 Å². The Balaban J connectivity index is 2.73. The van der Waals surface area contributed by atoms with Crippen molar-refractivity contribution in [3.63, 3.8) is 0 Å². The monoisotopic (exact) mass is 263 g/mol. The summed E-state index contributed by atoms with van der Waals surface area (Å²) in [6, 6.07) is 6.42. The summed E-state index contributed by atoms with van der Waals surface area (Å²) >= 11 is 1.93. The molecule has 3 heteroatoms. The Bertz CT molecular complexity index is 503. The van der Waals surface area contributed by atoms with Crippen molar-refractivity contribution < 1.29 is 4.84 Å². The zero-order valence-corrected chi connectivity index (χ0v) is 12.8. The van der Waals surface area contributed by atoms with Crippen LogP contribution in [0.25, 0.3) is 0 Å². The zero-order chi connectivity index (χ0) is 13.6. The molecule has 98 valence electrons. The van der Waals surface area contributed by atoms with Gasteiger partial charge in [-0.25, -0.2) is 0 Å². The second-order valence-corrected chi connectivity index (χ2v) is 7.47. The number of thioether (sulfide) groups is 1. The third-order valence-corrected chi connectivity index (χ3v) is 5.70. The molecular formula is C15H21NOS. The van der Waals surface area contributed by atoms with Gasteiger partial charge in [0, 0.05) is 20.6 Å². The van der Waals surface area contributed by atoms with Crippen molar-refractivity contribution >= 4 is 17.5 Å². The molecule has 0 fully saturated rings. The number of hydrogen-bond acceptors (Lipinski definition) is 3. The number of benzene rings is 1. The molecule has 0 aromatic heterocycles. The molecule has 0 radical (unpaired) electrons. The predicted octanol–water partition coefficient (Wildman–Crippen LogP) is 4.26. The van der Waals surface area contributed by atoms with E-state index in [1.807, 2.05) is 11.8 Å². The third kappa shape index (κ3) is 1.85. The van der Waals surface area contributed by atoms with Gasteiger partial charge in [0.25, 0.3) is 0 Å². The SMILES string of the molecule is CON=C1c2c(C)cccc2SC(C)(C)C1(C)C. The Kier molecular flexibility index (Phi) is 3.22. The fourth-order valence-electron chi connectivity index (χ4n) is 2.28. The van der Waals surface area contributed by atoms with Crippen LogP contribution >= 0.6 is 11.8 Å². The molecular weight excluding hydrogens is 242 g/mol. The van der Waals surface area contributed by atoms with Crippen LogP contribution < -0.4 is 0 Å². The molecule has 0 N–H and O–H groups in total. The van der Waals surface area contributed by atoms with Gasteiger partial charge in [0.1, 0.15) is 7.11 Å². The minimum absolute atomic E-state index is 0.0349. The highest BCUT2D eigenvalue weighted by atomic mass is 32.2. The van der Waals surface area contributed by atoms with E-state index >= 15 is 0 Å². The summed E-state index contributed by atoms with van der Waals surface area (Å²) < 4.78 is 0.0884. The first-order valence-electron chi connectivity index (χ1n) is 6.22. The second kappa shape index (κ2) is 4.30. The van der Waals surface area contributed by atoms with E-state index in [2.05, 4.69) is 58.0 Å². The fourth-order valence-corrected chi connectivity index (χ4v) is 3.69. The van der Waals surface area contributed by atoms with Crippen molar-refractivity contribution in [1.82, 2.24) is 0 Å². The van der Waals surface area contributed by atoms with Crippen LogP contribution in [-0.2, 0) is 4.84 Å². The van der Waals surface area contributed by atoms with Crippen molar-refractivity contribution in [3.8, 4) is 0 Å². The average molecular weight is 263 g/mol. The molecule has 0 atom stereocenters. The van der Waals surface area contributed by atoms with Crippen LogP contribution in [-0.4, -0.2) is 17.6 Å². The lowest BCUT2D eigenvalue weighted by atomic mass is 9.72. The highest BCUT2D eigenvalue weighted by molar-refractivity contribution is 8.01. The first-order valence-corrected chi connectivity index (χ1v) is 7.03. The summed E-state index contributed by atoms with van der Waals surface area (Å²) in [5.41, 5.74) is 3.53. The predicted molar refractivity (Wildman–Crippen MR) is 78.4 cm³/mol. The van der Waals surface area contributed by atoms with E-state index in [0.717, 1.165) is 5.71 Å². The topological polar surface area (TPSA) is 21.6 Å². The van der Waals surface area contributed by atoms with Crippen molar-refractivity contribution in [3.05, 3.63) is 29.3 Å². The van der Waals surface area contributed by atoms with E-state index in [1.165, 1.54) is 16.0 Å². The van der Waals surface area contributed by atoms with Gasteiger partial charge in [-0.2, -0.15) is 0 Å². The molecule has 18 heavy (non-hydrogen) atoms. The molecule has 1 aromatic carbocycles. The van der Waals surface area contributed by atoms with Gasteiger partial charge in [-0.3, -0.25) is 0 Å². The molecule has 1 aliphatic rings. The second-order valence-electron chi connectivity index (χ2n) is 5.81. The molecule has 0 spiro atoms. The van der Waals surface area contributed by atoms with Crippen LogP contribution in [0.4, 0.5) is 0 Å². The van der Waals surface area contributed by atoms with Crippen LogP contribution in [0.2, 0.25) is 0 Å². The Morgan fingerprint density at radius 3 is 2.44 bits per heavy atom. The van der Waals surface area contributed by atoms with Gasteiger partial charge in [0.05, 0.1) is 5.71 Å². The number of fused-ring (bicyclic) bond motifs is 1. The molecule has 0 unspecified atom stereocenters. The summed E-state index contributed by atoms with van der Waals surface area (Å²) in [7, 11) is 1.62. The number of aryl methyl sites for hydroxylation is 1. The number of nitrogens with zero attached hydrogens (tertiary/aromatic N) is 1. The van der Waals surface area contributed by atoms with Crippen LogP contribution in [0, 0.1) is 12.3 Å². The van der Waals surface area contributed by atoms with Crippen molar-refractivity contribution in [1.29, 1.82) is 0 Å². The summed E-state index contributed by atoms with van der Waals surface area (Å²) in [6.45, 7) is 11.2. The highest BCUT2D eigenvalue weighted by Gasteiger charge is 2.47. The average Bonchev–Trinajstić information content (AvgIpc) is 2.25. The van der Waals surface area contributed by atoms with Gasteiger partial charge in [-0.05, 0) is 32.4 Å². The molecule has 1 aliphatic heterocycles. The standard InChI is InChI=1S/C15H21NOS/c1-10-8-7-9-11-12(10)13(16-17-6)14(2,3)15(4,5)18-11/h7-9H,1-6H3. The number of oxime groups is 1. The lowest BCUT2D eigenvalue weighted by Crippen LogP contribution is -2.46. The lowest BCUT2D eigenvalue weighted by molar-refractivity contribution is 0.206. The highest BCUT2D eigenvalue weighted by Crippen LogP contribution is 2.53. The van der Waals surface area contributed by atoms with Crippen LogP contribution in [0.5, 0.6) is 0 Å². The minimum atomic E-state index is -0.0349. The van der Waals surface area contributed by atoms with Gasteiger partial charge in [-0.1, -0.05) is 31.1 Å². The number of rotatable bonds is 1. The zero-order valence-electron chi connectivity index (χ0n) is 12.0. The molecule has 0 amide bonds. The first kappa shape index (κ1) is 13.5. The van der Waals surface area contributed by atoms with E-state index in [0.29, 0.717) is 0 Å². The Labute approximate surface area is 114 Å². The minimum Gasteiger partial charge on any atom is -0.399 e. The summed E-state index contributed by atoms with van der Waals surface area (Å²) in [6.07, 6.45) is 0. The van der Waals surface area contributed by atoms with Crippen LogP contribution in [0.1, 0.15) is 38.8 Å². The normalized spacial score (nSPS) is 22.7. The smallest absolute Gasteiger partial charge is 0.106 e. The van der Waals surface area contributed by atoms with Crippen LogP contribution in [0.15, 0.2) is 28.3 Å². The quantitative estimate of drug-likeness (QED) is 0.706. The van der Waals surface area contributed by atoms with E-state index in [9.17, 15) is 0 Å². The summed E-state index contributed by atoms with van der Waals surface area (Å²) in [5, 5.41) is 4.34. The molecule has 1 aromatic rings. The lowest BCUT2D eigenvalue weighted by Gasteiger charge is -2.46. The maximum absolute atomic E-state index is 5.10. The van der Waals surface area contributed by atoms with E-state index < -0.39 is 0 Å². The van der Waals surface area contributed by atoms with Crippen molar-refractivity contribution in [2.75, 3.05) is 7.11 Å². The molecule has 0 aliphatic carbocycles. The molecule has 0 saturated carbocycles. The maximum Gasteiger partial charge on any atom is 0.106 e. The van der Waals surface area contributed by atoms with Gasteiger partial charge in [-0.15, -0.1) is 11.8 Å². The molecule has 2 nitrogen and oxygen atoms in total. The third-order valence-electron chi connectivity index (χ3n) is 4.12. The first-order chi connectivity index (χ1) is 8.31. The van der Waals surface area contributed by atoms with Crippen LogP contribution in [0.3, 0.4) is 0 Å². The van der Waals surface area contributed by atoms with Gasteiger partial charge >= 0.3 is 0 Å². The molecule has 0 bridgehead atoms. The van der Waals surface area contributed by atoms with Crippen molar-refractivity contribution in [2.45, 2.75) is 44.3 Å². The molecule has 1 heterocycles. The van der Waals surface area contributed by atoms with Gasteiger partial charge in [0.15, 0.2) is 0 Å². The largest absolute Gasteiger partial charge is 0.399 e. The van der Waals surface area contributed by atoms with E-state index in [1.54, 1.807) is 7.11 Å². The van der Waals surface area contributed by atoms with Crippen molar-refractivity contribution in [2.24, 2.45) is 10.6 Å². The molecule has 0 saturated heterocycles. The maximum atomic E-state index is 5.10. The molecule has 2 rings (SSSR count). The fraction of sp³-hybridized carbons (Fsp3) is 0.533.